The minimum absolute atomic E-state index is 0.0109. The van der Waals surface area contributed by atoms with Crippen molar-refractivity contribution >= 4 is 15.7 Å². The summed E-state index contributed by atoms with van der Waals surface area (Å²) in [7, 11) is -4.74. The van der Waals surface area contributed by atoms with E-state index >= 15 is 0 Å². The molecule has 0 spiro atoms. The summed E-state index contributed by atoms with van der Waals surface area (Å²) in [5.41, 5.74) is -0.770. The van der Waals surface area contributed by atoms with E-state index in [9.17, 15) is 35.2 Å². The predicted octanol–water partition coefficient (Wildman–Crippen LogP) is 3.51. The lowest BCUT2D eigenvalue weighted by atomic mass is 10.2. The number of carbonyl (C=O) groups excluding carboxylic acids is 1. The van der Waals surface area contributed by atoms with Crippen LogP contribution in [0.25, 0.3) is 0 Å². The zero-order chi connectivity index (χ0) is 20.9. The molecule has 0 saturated heterocycles. The lowest BCUT2D eigenvalue weighted by molar-refractivity contribution is -0.137. The van der Waals surface area contributed by atoms with Crippen LogP contribution in [0.1, 0.15) is 15.9 Å². The Morgan fingerprint density at radius 2 is 1.57 bits per heavy atom. The summed E-state index contributed by atoms with van der Waals surface area (Å²) in [5.74, 6) is -3.98. The Hall–Kier alpha value is -2.69. The zero-order valence-corrected chi connectivity index (χ0v) is 14.9. The number of amides is 1. The molecule has 0 fully saturated rings. The normalized spacial score (nSPS) is 12.1. The van der Waals surface area contributed by atoms with Crippen LogP contribution >= 0.6 is 0 Å². The molecule has 0 radical (unpaired) electrons. The number of ether oxygens (including phenoxy) is 1. The minimum atomic E-state index is -4.74. The van der Waals surface area contributed by atoms with Gasteiger partial charge in [0.1, 0.15) is 12.4 Å². The van der Waals surface area contributed by atoms with Crippen molar-refractivity contribution < 1.29 is 39.9 Å². The van der Waals surface area contributed by atoms with E-state index in [1.165, 1.54) is 0 Å². The summed E-state index contributed by atoms with van der Waals surface area (Å²) in [4.78, 5) is 11.3. The number of halogens is 5. The van der Waals surface area contributed by atoms with Crippen LogP contribution in [-0.2, 0) is 16.0 Å². The summed E-state index contributed by atoms with van der Waals surface area (Å²) in [6, 6.07) is 7.98. The van der Waals surface area contributed by atoms with E-state index in [1.807, 2.05) is 0 Å². The molecule has 0 aromatic heterocycles. The SMILES string of the molecule is O=C(NCCOc1ccc(C(F)(F)F)cc1)c1ccc(S(=O)(=O)C(F)F)cc1. The molecule has 2 aromatic rings. The Morgan fingerprint density at radius 1 is 1.00 bits per heavy atom. The van der Waals surface area contributed by atoms with Gasteiger partial charge in [0, 0.05) is 5.56 Å². The number of alkyl halides is 5. The van der Waals surface area contributed by atoms with E-state index < -0.39 is 38.1 Å². The first kappa shape index (κ1) is 21.6. The summed E-state index contributed by atoms with van der Waals surface area (Å²) in [5, 5.41) is 2.44. The fourth-order valence-electron chi connectivity index (χ4n) is 2.07. The number of rotatable bonds is 7. The number of sulfone groups is 1. The van der Waals surface area contributed by atoms with Gasteiger partial charge in [0.25, 0.3) is 5.91 Å². The quantitative estimate of drug-likeness (QED) is 0.547. The Labute approximate surface area is 157 Å². The lowest BCUT2D eigenvalue weighted by Crippen LogP contribution is -2.28. The molecule has 11 heteroatoms. The van der Waals surface area contributed by atoms with E-state index in [2.05, 4.69) is 5.32 Å². The number of nitrogens with one attached hydrogen (secondary N) is 1. The maximum Gasteiger partial charge on any atom is 0.416 e. The molecule has 152 valence electrons. The Bertz CT molecular complexity index is 910. The van der Waals surface area contributed by atoms with Gasteiger partial charge >= 0.3 is 11.9 Å². The van der Waals surface area contributed by atoms with Gasteiger partial charge in [-0.25, -0.2) is 8.42 Å². The monoisotopic (exact) mass is 423 g/mol. The highest BCUT2D eigenvalue weighted by molar-refractivity contribution is 7.91. The molecule has 0 aliphatic rings. The van der Waals surface area contributed by atoms with E-state index in [-0.39, 0.29) is 24.5 Å². The van der Waals surface area contributed by atoms with Crippen molar-refractivity contribution in [3.8, 4) is 5.75 Å². The van der Waals surface area contributed by atoms with E-state index in [1.54, 1.807) is 0 Å². The second-order valence-electron chi connectivity index (χ2n) is 5.46. The number of carbonyl (C=O) groups is 1. The second kappa shape index (κ2) is 8.55. The average molecular weight is 423 g/mol. The molecule has 0 aliphatic heterocycles. The minimum Gasteiger partial charge on any atom is -0.492 e. The molecule has 5 nitrogen and oxygen atoms in total. The van der Waals surface area contributed by atoms with Crippen molar-refractivity contribution in [3.63, 3.8) is 0 Å². The molecule has 0 saturated carbocycles. The van der Waals surface area contributed by atoms with Crippen LogP contribution in [-0.4, -0.2) is 33.2 Å². The number of benzene rings is 2. The third-order valence-electron chi connectivity index (χ3n) is 3.52. The molecule has 1 N–H and O–H groups in total. The van der Waals surface area contributed by atoms with Crippen LogP contribution in [0, 0.1) is 0 Å². The first-order valence-electron chi connectivity index (χ1n) is 7.72. The van der Waals surface area contributed by atoms with E-state index in [4.69, 9.17) is 4.74 Å². The molecular formula is C17H14F5NO4S. The molecule has 0 unspecified atom stereocenters. The van der Waals surface area contributed by atoms with E-state index in [0.717, 1.165) is 48.5 Å². The van der Waals surface area contributed by atoms with Crippen molar-refractivity contribution in [1.82, 2.24) is 5.32 Å². The van der Waals surface area contributed by atoms with Gasteiger partial charge in [0.15, 0.2) is 0 Å². The molecule has 0 bridgehead atoms. The molecule has 28 heavy (non-hydrogen) atoms. The van der Waals surface area contributed by atoms with Gasteiger partial charge in [-0.05, 0) is 48.5 Å². The lowest BCUT2D eigenvalue weighted by Gasteiger charge is -2.10. The van der Waals surface area contributed by atoms with Crippen LogP contribution in [0.2, 0.25) is 0 Å². The van der Waals surface area contributed by atoms with Gasteiger partial charge in [-0.3, -0.25) is 4.79 Å². The largest absolute Gasteiger partial charge is 0.492 e. The van der Waals surface area contributed by atoms with Crippen LogP contribution in [0.4, 0.5) is 22.0 Å². The number of hydrogen-bond donors (Lipinski definition) is 1. The van der Waals surface area contributed by atoms with Crippen molar-refractivity contribution in [3.05, 3.63) is 59.7 Å². The van der Waals surface area contributed by atoms with Gasteiger partial charge in [0.05, 0.1) is 17.0 Å². The average Bonchev–Trinajstić information content (AvgIpc) is 2.64. The van der Waals surface area contributed by atoms with Crippen molar-refractivity contribution in [1.29, 1.82) is 0 Å². The fraction of sp³-hybridized carbons (Fsp3) is 0.235. The first-order valence-corrected chi connectivity index (χ1v) is 9.27. The van der Waals surface area contributed by atoms with Crippen molar-refractivity contribution in [2.45, 2.75) is 16.8 Å². The van der Waals surface area contributed by atoms with Crippen LogP contribution in [0.15, 0.2) is 53.4 Å². The predicted molar refractivity (Wildman–Crippen MR) is 88.9 cm³/mol. The third-order valence-corrected chi connectivity index (χ3v) is 4.92. The molecule has 0 heterocycles. The van der Waals surface area contributed by atoms with Crippen molar-refractivity contribution in [2.75, 3.05) is 13.2 Å². The van der Waals surface area contributed by atoms with Gasteiger partial charge < -0.3 is 10.1 Å². The summed E-state index contributed by atoms with van der Waals surface area (Å²) < 4.78 is 90.0. The molecule has 2 aromatic carbocycles. The first-order chi connectivity index (χ1) is 13.0. The second-order valence-corrected chi connectivity index (χ2v) is 7.37. The number of hydrogen-bond acceptors (Lipinski definition) is 4. The summed E-state index contributed by atoms with van der Waals surface area (Å²) in [6.07, 6.45) is -4.45. The highest BCUT2D eigenvalue weighted by Crippen LogP contribution is 2.30. The van der Waals surface area contributed by atoms with E-state index in [0.29, 0.717) is 0 Å². The standard InChI is InChI=1S/C17H14F5NO4S/c18-16(19)28(25,26)14-7-1-11(2-8-14)15(24)23-9-10-27-13-5-3-12(4-6-13)17(20,21)22/h1-8,16H,9-10H2,(H,23,24). The summed E-state index contributed by atoms with van der Waals surface area (Å²) in [6.45, 7) is -0.0219. The van der Waals surface area contributed by atoms with Gasteiger partial charge in [-0.15, -0.1) is 0 Å². The highest BCUT2D eigenvalue weighted by atomic mass is 32.2. The van der Waals surface area contributed by atoms with Crippen LogP contribution in [0.5, 0.6) is 5.75 Å². The molecular weight excluding hydrogens is 409 g/mol. The topological polar surface area (TPSA) is 72.5 Å². The molecule has 2 rings (SSSR count). The highest BCUT2D eigenvalue weighted by Gasteiger charge is 2.30. The maximum atomic E-state index is 12.4. The maximum absolute atomic E-state index is 12.4. The van der Waals surface area contributed by atoms with Gasteiger partial charge in [-0.2, -0.15) is 22.0 Å². The smallest absolute Gasteiger partial charge is 0.416 e. The Kier molecular flexibility index (Phi) is 6.60. The molecule has 0 atom stereocenters. The zero-order valence-electron chi connectivity index (χ0n) is 14.0. The molecule has 1 amide bonds. The summed E-state index contributed by atoms with van der Waals surface area (Å²) >= 11 is 0. The van der Waals surface area contributed by atoms with Gasteiger partial charge in [-0.1, -0.05) is 0 Å². The Morgan fingerprint density at radius 3 is 2.07 bits per heavy atom. The van der Waals surface area contributed by atoms with Crippen molar-refractivity contribution in [2.24, 2.45) is 0 Å². The Balaban J connectivity index is 1.84. The van der Waals surface area contributed by atoms with Gasteiger partial charge in [0.2, 0.25) is 9.84 Å². The fourth-order valence-corrected chi connectivity index (χ4v) is 2.80. The van der Waals surface area contributed by atoms with Crippen LogP contribution < -0.4 is 10.1 Å². The molecule has 0 aliphatic carbocycles. The van der Waals surface area contributed by atoms with Crippen LogP contribution in [0.3, 0.4) is 0 Å². The third kappa shape index (κ3) is 5.41.